The van der Waals surface area contributed by atoms with Crippen LogP contribution in [0, 0.1) is 0 Å². The van der Waals surface area contributed by atoms with Crippen molar-refractivity contribution in [3.63, 3.8) is 0 Å². The van der Waals surface area contributed by atoms with E-state index in [2.05, 4.69) is 27.4 Å². The van der Waals surface area contributed by atoms with Crippen LogP contribution in [0.1, 0.15) is 43.7 Å². The summed E-state index contributed by atoms with van der Waals surface area (Å²) in [6, 6.07) is 7.09. The number of carbonyl (C=O) groups is 1. The Balaban J connectivity index is 1.74. The number of ether oxygens (including phenoxy) is 1. The molecule has 2 amide bonds. The molecule has 1 aromatic carbocycles. The number of hydrogen-bond donors (Lipinski definition) is 2. The third-order valence-corrected chi connectivity index (χ3v) is 7.99. The molecule has 0 bridgehead atoms. The van der Waals surface area contributed by atoms with Gasteiger partial charge in [-0.05, 0) is 44.5 Å². The number of aromatic nitrogens is 2. The number of amides is 2. The number of anilines is 2. The average molecular weight is 460 g/mol. The van der Waals surface area contributed by atoms with Crippen molar-refractivity contribution in [3.8, 4) is 11.4 Å². The maximum absolute atomic E-state index is 12.7. The number of benzene rings is 1. The van der Waals surface area contributed by atoms with Gasteiger partial charge in [-0.2, -0.15) is 0 Å². The minimum Gasteiger partial charge on any atom is -0.377 e. The summed E-state index contributed by atoms with van der Waals surface area (Å²) < 4.78 is 31.0. The molecule has 1 saturated heterocycles. The Bertz CT molecular complexity index is 1100. The smallest absolute Gasteiger partial charge is 0.319 e. The summed E-state index contributed by atoms with van der Waals surface area (Å²) in [5.74, 6) is 1.13. The van der Waals surface area contributed by atoms with Gasteiger partial charge in [-0.1, -0.05) is 6.92 Å². The van der Waals surface area contributed by atoms with Crippen LogP contribution in [0.5, 0.6) is 0 Å². The lowest BCUT2D eigenvalue weighted by atomic mass is 10.1. The van der Waals surface area contributed by atoms with Crippen LogP contribution in [0.2, 0.25) is 0 Å². The molecule has 32 heavy (non-hydrogen) atoms. The number of morpholine rings is 1. The summed E-state index contributed by atoms with van der Waals surface area (Å²) in [6.45, 7) is 8.00. The van der Waals surface area contributed by atoms with Crippen molar-refractivity contribution in [2.24, 2.45) is 0 Å². The third-order valence-electron chi connectivity index (χ3n) is 6.00. The van der Waals surface area contributed by atoms with Crippen LogP contribution in [0.4, 0.5) is 16.3 Å². The second-order valence-corrected chi connectivity index (χ2v) is 10.4. The van der Waals surface area contributed by atoms with Crippen LogP contribution in [0.15, 0.2) is 24.3 Å². The Morgan fingerprint density at radius 1 is 1.22 bits per heavy atom. The van der Waals surface area contributed by atoms with Crippen molar-refractivity contribution >= 4 is 27.4 Å². The lowest BCUT2D eigenvalue weighted by molar-refractivity contribution is 0.0925. The van der Waals surface area contributed by atoms with Crippen molar-refractivity contribution in [2.45, 2.75) is 44.2 Å². The first-order chi connectivity index (χ1) is 15.3. The van der Waals surface area contributed by atoms with Crippen molar-refractivity contribution < 1.29 is 17.9 Å². The summed E-state index contributed by atoms with van der Waals surface area (Å²) in [6.07, 6.45) is 0.872. The number of urea groups is 1. The average Bonchev–Trinajstić information content (AvgIpc) is 3.02. The number of carbonyl (C=O) groups excluding carboxylic acids is 1. The van der Waals surface area contributed by atoms with Crippen LogP contribution in [0.3, 0.4) is 0 Å². The molecular weight excluding hydrogens is 430 g/mol. The molecule has 1 unspecified atom stereocenters. The third kappa shape index (κ3) is 4.29. The molecule has 1 fully saturated rings. The van der Waals surface area contributed by atoms with Gasteiger partial charge in [0.1, 0.15) is 11.1 Å². The summed E-state index contributed by atoms with van der Waals surface area (Å²) in [4.78, 5) is 23.5. The second kappa shape index (κ2) is 9.03. The SMILES string of the molecule is CCNC(=O)Nc1ccc(-c2nc3c(c(N4CCOC[C@@H]4CC)n2)CS(=O)(=O)C3C)cc1. The Hall–Kier alpha value is -2.72. The van der Waals surface area contributed by atoms with Crippen molar-refractivity contribution in [2.75, 3.05) is 36.5 Å². The quantitative estimate of drug-likeness (QED) is 0.707. The van der Waals surface area contributed by atoms with E-state index in [0.29, 0.717) is 54.9 Å². The van der Waals surface area contributed by atoms with E-state index in [1.165, 1.54) is 0 Å². The van der Waals surface area contributed by atoms with E-state index >= 15 is 0 Å². The maximum Gasteiger partial charge on any atom is 0.319 e. The molecule has 10 heteroatoms. The van der Waals surface area contributed by atoms with Crippen LogP contribution in [0.25, 0.3) is 11.4 Å². The summed E-state index contributed by atoms with van der Waals surface area (Å²) in [5.41, 5.74) is 2.69. The van der Waals surface area contributed by atoms with Crippen LogP contribution < -0.4 is 15.5 Å². The zero-order valence-corrected chi connectivity index (χ0v) is 19.4. The molecule has 4 rings (SSSR count). The zero-order chi connectivity index (χ0) is 22.9. The first-order valence-electron chi connectivity index (χ1n) is 11.0. The van der Waals surface area contributed by atoms with Crippen LogP contribution >= 0.6 is 0 Å². The van der Waals surface area contributed by atoms with Gasteiger partial charge in [0, 0.05) is 29.9 Å². The highest BCUT2D eigenvalue weighted by molar-refractivity contribution is 7.91. The summed E-state index contributed by atoms with van der Waals surface area (Å²) >= 11 is 0. The van der Waals surface area contributed by atoms with Crippen molar-refractivity contribution in [1.82, 2.24) is 15.3 Å². The summed E-state index contributed by atoms with van der Waals surface area (Å²) in [7, 11) is -3.31. The Kier molecular flexibility index (Phi) is 6.34. The van der Waals surface area contributed by atoms with Gasteiger partial charge in [0.2, 0.25) is 0 Å². The summed E-state index contributed by atoms with van der Waals surface area (Å²) in [5, 5.41) is 4.78. The van der Waals surface area contributed by atoms with Gasteiger partial charge in [0.15, 0.2) is 15.7 Å². The minimum atomic E-state index is -3.31. The normalized spacial score (nSPS) is 21.8. The largest absolute Gasteiger partial charge is 0.377 e. The first kappa shape index (κ1) is 22.5. The van der Waals surface area contributed by atoms with E-state index in [1.54, 1.807) is 19.1 Å². The predicted octanol–water partition coefficient (Wildman–Crippen LogP) is 2.89. The lowest BCUT2D eigenvalue weighted by Gasteiger charge is -2.37. The van der Waals surface area contributed by atoms with Gasteiger partial charge < -0.3 is 20.3 Å². The molecule has 0 saturated carbocycles. The molecule has 0 aliphatic carbocycles. The van der Waals surface area contributed by atoms with Gasteiger partial charge >= 0.3 is 6.03 Å². The molecule has 1 aromatic heterocycles. The Labute approximate surface area is 188 Å². The molecule has 2 N–H and O–H groups in total. The van der Waals surface area contributed by atoms with Gasteiger partial charge in [-0.15, -0.1) is 0 Å². The topological polar surface area (TPSA) is 114 Å². The molecule has 172 valence electrons. The fourth-order valence-corrected chi connectivity index (χ4v) is 5.60. The highest BCUT2D eigenvalue weighted by Crippen LogP contribution is 2.41. The lowest BCUT2D eigenvalue weighted by Crippen LogP contribution is -2.46. The Morgan fingerprint density at radius 2 is 1.97 bits per heavy atom. The first-order valence-corrected chi connectivity index (χ1v) is 12.7. The molecule has 0 radical (unpaired) electrons. The standard InChI is InChI=1S/C22H29N5O4S/c1-4-17-12-31-11-10-27(17)21-18-13-32(29,30)14(3)19(18)25-20(26-21)15-6-8-16(9-7-15)24-22(28)23-5-2/h6-9,14,17H,4-5,10-13H2,1-3H3,(H2,23,24,28)/t14?,17-/m0/s1. The zero-order valence-electron chi connectivity index (χ0n) is 18.6. The minimum absolute atomic E-state index is 0.0394. The number of fused-ring (bicyclic) bond motifs is 1. The molecule has 0 spiro atoms. The molecule has 9 nitrogen and oxygen atoms in total. The van der Waals surface area contributed by atoms with Crippen LogP contribution in [-0.2, 0) is 20.3 Å². The van der Waals surface area contributed by atoms with Crippen molar-refractivity contribution in [3.05, 3.63) is 35.5 Å². The molecule has 2 aliphatic rings. The second-order valence-electron chi connectivity index (χ2n) is 8.08. The fourth-order valence-electron chi connectivity index (χ4n) is 4.14. The molecule has 3 heterocycles. The van der Waals surface area contributed by atoms with E-state index in [9.17, 15) is 13.2 Å². The fraction of sp³-hybridized carbons (Fsp3) is 0.500. The maximum atomic E-state index is 12.7. The van der Waals surface area contributed by atoms with Gasteiger partial charge in [0.25, 0.3) is 0 Å². The Morgan fingerprint density at radius 3 is 2.66 bits per heavy atom. The highest BCUT2D eigenvalue weighted by Gasteiger charge is 2.39. The van der Waals surface area contributed by atoms with E-state index in [0.717, 1.165) is 12.0 Å². The molecule has 2 aliphatic heterocycles. The van der Waals surface area contributed by atoms with Gasteiger partial charge in [0.05, 0.1) is 30.7 Å². The molecule has 2 atom stereocenters. The van der Waals surface area contributed by atoms with E-state index in [-0.39, 0.29) is 17.8 Å². The van der Waals surface area contributed by atoms with E-state index in [4.69, 9.17) is 9.72 Å². The number of sulfone groups is 1. The van der Waals surface area contributed by atoms with Crippen molar-refractivity contribution in [1.29, 1.82) is 0 Å². The number of nitrogens with one attached hydrogen (secondary N) is 2. The van der Waals surface area contributed by atoms with E-state index in [1.807, 2.05) is 19.1 Å². The van der Waals surface area contributed by atoms with Gasteiger partial charge in [-0.3, -0.25) is 0 Å². The monoisotopic (exact) mass is 459 g/mol. The highest BCUT2D eigenvalue weighted by atomic mass is 32.2. The van der Waals surface area contributed by atoms with Crippen LogP contribution in [-0.4, -0.2) is 56.8 Å². The number of rotatable bonds is 5. The number of nitrogens with zero attached hydrogens (tertiary/aromatic N) is 3. The van der Waals surface area contributed by atoms with E-state index < -0.39 is 15.1 Å². The van der Waals surface area contributed by atoms with Gasteiger partial charge in [-0.25, -0.2) is 23.2 Å². The predicted molar refractivity (Wildman–Crippen MR) is 123 cm³/mol. The number of hydrogen-bond acceptors (Lipinski definition) is 7. The molecule has 2 aromatic rings. The molecular formula is C22H29N5O4S.